The van der Waals surface area contributed by atoms with Crippen LogP contribution in [0.15, 0.2) is 11.4 Å². The van der Waals surface area contributed by atoms with Gasteiger partial charge in [-0.2, -0.15) is 0 Å². The van der Waals surface area contributed by atoms with E-state index in [1.165, 1.54) is 11.3 Å². The van der Waals surface area contributed by atoms with Gasteiger partial charge in [0, 0.05) is 30.5 Å². The third-order valence-electron chi connectivity index (χ3n) is 2.40. The predicted octanol–water partition coefficient (Wildman–Crippen LogP) is 2.35. The van der Waals surface area contributed by atoms with Crippen LogP contribution in [0.4, 0.5) is 0 Å². The lowest BCUT2D eigenvalue weighted by atomic mass is 10.2. The van der Waals surface area contributed by atoms with Gasteiger partial charge < -0.3 is 15.2 Å². The van der Waals surface area contributed by atoms with Gasteiger partial charge in [0.25, 0.3) is 0 Å². The zero-order valence-electron chi connectivity index (χ0n) is 10.1. The van der Waals surface area contributed by atoms with Crippen molar-refractivity contribution in [3.8, 4) is 0 Å². The molecule has 0 saturated heterocycles. The lowest BCUT2D eigenvalue weighted by Gasteiger charge is -2.02. The monoisotopic (exact) mass is 257 g/mol. The number of ether oxygens (including phenoxy) is 1. The molecule has 1 aromatic heterocycles. The van der Waals surface area contributed by atoms with Crippen LogP contribution >= 0.6 is 11.3 Å². The van der Waals surface area contributed by atoms with Crippen molar-refractivity contribution in [2.75, 3.05) is 20.3 Å². The molecule has 1 rings (SSSR count). The van der Waals surface area contributed by atoms with Crippen LogP contribution in [0.25, 0.3) is 0 Å². The lowest BCUT2D eigenvalue weighted by molar-refractivity contribution is 0.0697. The molecule has 1 heterocycles. The van der Waals surface area contributed by atoms with Crippen molar-refractivity contribution in [3.63, 3.8) is 0 Å². The minimum atomic E-state index is -0.855. The number of unbranched alkanes of at least 4 members (excludes halogenated alkanes) is 2. The van der Waals surface area contributed by atoms with Gasteiger partial charge in [0.05, 0.1) is 5.56 Å². The fourth-order valence-corrected chi connectivity index (χ4v) is 2.30. The zero-order chi connectivity index (χ0) is 12.5. The van der Waals surface area contributed by atoms with E-state index in [4.69, 9.17) is 9.84 Å². The van der Waals surface area contributed by atoms with Gasteiger partial charge in [0.15, 0.2) is 0 Å². The average Bonchev–Trinajstić information content (AvgIpc) is 2.77. The quantitative estimate of drug-likeness (QED) is 0.667. The number of hydrogen-bond acceptors (Lipinski definition) is 4. The van der Waals surface area contributed by atoms with E-state index in [0.717, 1.165) is 43.8 Å². The van der Waals surface area contributed by atoms with Gasteiger partial charge in [-0.15, -0.1) is 11.3 Å². The van der Waals surface area contributed by atoms with Gasteiger partial charge in [-0.3, -0.25) is 0 Å². The number of nitrogens with one attached hydrogen (secondary N) is 1. The summed E-state index contributed by atoms with van der Waals surface area (Å²) in [5.41, 5.74) is 0.381. The largest absolute Gasteiger partial charge is 0.478 e. The summed E-state index contributed by atoms with van der Waals surface area (Å²) in [5.74, 6) is -0.855. The number of carboxylic acids is 1. The summed E-state index contributed by atoms with van der Waals surface area (Å²) in [6, 6.07) is 1.73. The van der Waals surface area contributed by atoms with Crippen molar-refractivity contribution in [3.05, 3.63) is 21.9 Å². The summed E-state index contributed by atoms with van der Waals surface area (Å²) in [7, 11) is 1.72. The topological polar surface area (TPSA) is 58.6 Å². The molecule has 0 unspecified atom stereocenters. The summed E-state index contributed by atoms with van der Waals surface area (Å²) in [6.45, 7) is 2.54. The van der Waals surface area contributed by atoms with Crippen LogP contribution in [0.3, 0.4) is 0 Å². The maximum Gasteiger partial charge on any atom is 0.336 e. The van der Waals surface area contributed by atoms with E-state index in [1.54, 1.807) is 18.6 Å². The van der Waals surface area contributed by atoms with E-state index >= 15 is 0 Å². The standard InChI is InChI=1S/C12H19NO3S/c1-16-6-4-2-3-5-13-8-11-7-10(9-17-11)12(14)15/h7,9,13H,2-6,8H2,1H3,(H,14,15). The Hall–Kier alpha value is -0.910. The first-order valence-electron chi connectivity index (χ1n) is 5.74. The molecule has 0 fully saturated rings. The van der Waals surface area contributed by atoms with Crippen LogP contribution in [0, 0.1) is 0 Å². The predicted molar refractivity (Wildman–Crippen MR) is 68.7 cm³/mol. The Morgan fingerprint density at radius 3 is 2.94 bits per heavy atom. The van der Waals surface area contributed by atoms with Crippen molar-refractivity contribution >= 4 is 17.3 Å². The highest BCUT2D eigenvalue weighted by Crippen LogP contribution is 2.14. The van der Waals surface area contributed by atoms with Gasteiger partial charge >= 0.3 is 5.97 Å². The fraction of sp³-hybridized carbons (Fsp3) is 0.583. The highest BCUT2D eigenvalue weighted by atomic mass is 32.1. The van der Waals surface area contributed by atoms with Gasteiger partial charge in [0.1, 0.15) is 0 Å². The first-order valence-corrected chi connectivity index (χ1v) is 6.62. The minimum absolute atomic E-state index is 0.381. The second kappa shape index (κ2) is 8.22. The Bertz CT molecular complexity index is 338. The molecule has 0 amide bonds. The summed E-state index contributed by atoms with van der Waals surface area (Å²) in [4.78, 5) is 11.7. The van der Waals surface area contributed by atoms with Crippen molar-refractivity contribution in [2.24, 2.45) is 0 Å². The van der Waals surface area contributed by atoms with Crippen molar-refractivity contribution in [1.29, 1.82) is 0 Å². The molecule has 96 valence electrons. The van der Waals surface area contributed by atoms with Crippen LogP contribution in [0.2, 0.25) is 0 Å². The molecule has 0 aliphatic rings. The van der Waals surface area contributed by atoms with E-state index in [-0.39, 0.29) is 0 Å². The molecule has 4 nitrogen and oxygen atoms in total. The minimum Gasteiger partial charge on any atom is -0.478 e. The number of thiophene rings is 1. The molecule has 0 aliphatic heterocycles. The van der Waals surface area contributed by atoms with Crippen LogP contribution < -0.4 is 5.32 Å². The van der Waals surface area contributed by atoms with Gasteiger partial charge in [-0.25, -0.2) is 4.79 Å². The van der Waals surface area contributed by atoms with Crippen LogP contribution in [0.1, 0.15) is 34.5 Å². The molecule has 0 aliphatic carbocycles. The third kappa shape index (κ3) is 5.81. The molecule has 2 N–H and O–H groups in total. The number of carboxylic acid groups (broad SMARTS) is 1. The Balaban J connectivity index is 2.07. The van der Waals surface area contributed by atoms with Crippen molar-refractivity contribution in [1.82, 2.24) is 5.32 Å². The normalized spacial score (nSPS) is 10.6. The molecule has 0 bridgehead atoms. The molecule has 5 heteroatoms. The highest BCUT2D eigenvalue weighted by Gasteiger charge is 2.05. The maximum atomic E-state index is 10.7. The third-order valence-corrected chi connectivity index (χ3v) is 3.34. The van der Waals surface area contributed by atoms with E-state index < -0.39 is 5.97 Å². The average molecular weight is 257 g/mol. The Morgan fingerprint density at radius 1 is 1.47 bits per heavy atom. The number of aromatic carboxylic acids is 1. The molecular formula is C12H19NO3S. The first kappa shape index (κ1) is 14.2. The van der Waals surface area contributed by atoms with Gasteiger partial charge in [0.2, 0.25) is 0 Å². The Kier molecular flexibility index (Phi) is 6.84. The number of carbonyl (C=O) groups is 1. The molecule has 0 aromatic carbocycles. The number of hydrogen-bond donors (Lipinski definition) is 2. The van der Waals surface area contributed by atoms with E-state index in [0.29, 0.717) is 5.56 Å². The van der Waals surface area contributed by atoms with Gasteiger partial charge in [-0.1, -0.05) is 0 Å². The second-order valence-corrected chi connectivity index (χ2v) is 4.83. The zero-order valence-corrected chi connectivity index (χ0v) is 10.9. The van der Waals surface area contributed by atoms with Crippen LogP contribution in [0.5, 0.6) is 0 Å². The molecule has 0 radical (unpaired) electrons. The van der Waals surface area contributed by atoms with Crippen LogP contribution in [-0.2, 0) is 11.3 Å². The van der Waals surface area contributed by atoms with E-state index in [2.05, 4.69) is 5.32 Å². The fourth-order valence-electron chi connectivity index (χ4n) is 1.47. The van der Waals surface area contributed by atoms with Gasteiger partial charge in [-0.05, 0) is 31.9 Å². The Labute approximate surface area is 106 Å². The molecule has 0 saturated carbocycles. The lowest BCUT2D eigenvalue weighted by Crippen LogP contribution is -2.14. The summed E-state index contributed by atoms with van der Waals surface area (Å²) in [5, 5.41) is 13.8. The molecule has 17 heavy (non-hydrogen) atoms. The molecule has 0 atom stereocenters. The number of methoxy groups -OCH3 is 1. The summed E-state index contributed by atoms with van der Waals surface area (Å²) < 4.78 is 4.97. The van der Waals surface area contributed by atoms with Crippen molar-refractivity contribution in [2.45, 2.75) is 25.8 Å². The Morgan fingerprint density at radius 2 is 2.29 bits per heavy atom. The second-order valence-electron chi connectivity index (χ2n) is 3.84. The summed E-state index contributed by atoms with van der Waals surface area (Å²) in [6.07, 6.45) is 3.38. The van der Waals surface area contributed by atoms with Crippen LogP contribution in [-0.4, -0.2) is 31.3 Å². The number of rotatable bonds is 9. The first-order chi connectivity index (χ1) is 8.24. The van der Waals surface area contributed by atoms with E-state index in [1.807, 2.05) is 0 Å². The van der Waals surface area contributed by atoms with E-state index in [9.17, 15) is 4.79 Å². The molecule has 0 spiro atoms. The SMILES string of the molecule is COCCCCCNCc1cc(C(=O)O)cs1. The maximum absolute atomic E-state index is 10.7. The summed E-state index contributed by atoms with van der Waals surface area (Å²) >= 11 is 1.49. The highest BCUT2D eigenvalue weighted by molar-refractivity contribution is 7.10. The molecular weight excluding hydrogens is 238 g/mol. The van der Waals surface area contributed by atoms with Crippen molar-refractivity contribution < 1.29 is 14.6 Å². The molecule has 1 aromatic rings. The smallest absolute Gasteiger partial charge is 0.336 e.